The second-order valence-corrected chi connectivity index (χ2v) is 6.70. The van der Waals surface area contributed by atoms with Crippen molar-refractivity contribution in [2.75, 3.05) is 10.6 Å². The molecule has 0 unspecified atom stereocenters. The van der Waals surface area contributed by atoms with Gasteiger partial charge >= 0.3 is 0 Å². The normalized spacial score (nSPS) is 10.7. The van der Waals surface area contributed by atoms with Crippen molar-refractivity contribution in [3.8, 4) is 5.75 Å². The average Bonchev–Trinajstić information content (AvgIpc) is 2.59. The highest BCUT2D eigenvalue weighted by Gasteiger charge is 2.06. The van der Waals surface area contributed by atoms with Gasteiger partial charge in [-0.25, -0.2) is 9.37 Å². The van der Waals surface area contributed by atoms with Crippen LogP contribution in [0.3, 0.4) is 0 Å². The summed E-state index contributed by atoms with van der Waals surface area (Å²) in [5.74, 6) is 1.36. The lowest BCUT2D eigenvalue weighted by Gasteiger charge is -2.12. The predicted molar refractivity (Wildman–Crippen MR) is 107 cm³/mol. The highest BCUT2D eigenvalue weighted by Crippen LogP contribution is 2.24. The topological polar surface area (TPSA) is 59.1 Å². The Morgan fingerprint density at radius 2 is 1.67 bits per heavy atom. The van der Waals surface area contributed by atoms with E-state index >= 15 is 0 Å². The first-order valence-corrected chi connectivity index (χ1v) is 8.88. The summed E-state index contributed by atoms with van der Waals surface area (Å²) in [5, 5.41) is 6.31. The van der Waals surface area contributed by atoms with E-state index in [9.17, 15) is 4.39 Å². The van der Waals surface area contributed by atoms with Crippen LogP contribution in [-0.2, 0) is 0 Å². The zero-order valence-electron chi connectivity index (χ0n) is 15.3. The first kappa shape index (κ1) is 18.9. The minimum atomic E-state index is -0.473. The zero-order chi connectivity index (χ0) is 19.4. The average molecular weight is 387 g/mol. The molecule has 5 nitrogen and oxygen atoms in total. The van der Waals surface area contributed by atoms with Gasteiger partial charge in [-0.05, 0) is 63.2 Å². The molecule has 2 aromatic carbocycles. The van der Waals surface area contributed by atoms with Gasteiger partial charge < -0.3 is 15.4 Å². The molecule has 140 valence electrons. The van der Waals surface area contributed by atoms with E-state index in [4.69, 9.17) is 16.3 Å². The van der Waals surface area contributed by atoms with Crippen molar-refractivity contribution < 1.29 is 9.13 Å². The Hall–Kier alpha value is -2.86. The number of hydrogen-bond acceptors (Lipinski definition) is 5. The number of aromatic nitrogens is 2. The van der Waals surface area contributed by atoms with Crippen molar-refractivity contribution >= 4 is 34.7 Å². The number of ether oxygens (including phenoxy) is 1. The summed E-state index contributed by atoms with van der Waals surface area (Å²) in [6, 6.07) is 13.8. The van der Waals surface area contributed by atoms with Gasteiger partial charge in [0.05, 0.1) is 11.1 Å². The molecular weight excluding hydrogens is 367 g/mol. The van der Waals surface area contributed by atoms with Crippen molar-refractivity contribution in [1.29, 1.82) is 0 Å². The highest BCUT2D eigenvalue weighted by molar-refractivity contribution is 6.31. The summed E-state index contributed by atoms with van der Waals surface area (Å²) in [7, 11) is 0. The lowest BCUT2D eigenvalue weighted by Crippen LogP contribution is -2.05. The molecule has 7 heteroatoms. The molecule has 0 atom stereocenters. The SMILES string of the molecule is Cc1cc(Nc2ccc(OC(C)C)cc2)nc(Nc2ccc(F)c(Cl)c2)n1. The van der Waals surface area contributed by atoms with Crippen LogP contribution in [0.2, 0.25) is 5.02 Å². The Balaban J connectivity index is 1.75. The smallest absolute Gasteiger partial charge is 0.229 e. The summed E-state index contributed by atoms with van der Waals surface area (Å²) in [6.45, 7) is 5.84. The van der Waals surface area contributed by atoms with Crippen LogP contribution in [0, 0.1) is 12.7 Å². The summed E-state index contributed by atoms with van der Waals surface area (Å²) >= 11 is 5.82. The lowest BCUT2D eigenvalue weighted by molar-refractivity contribution is 0.242. The molecule has 1 aromatic heterocycles. The minimum absolute atomic E-state index is 0.0368. The molecule has 1 heterocycles. The molecule has 3 aromatic rings. The summed E-state index contributed by atoms with van der Waals surface area (Å²) in [6.07, 6.45) is 0.127. The first-order valence-electron chi connectivity index (χ1n) is 8.50. The van der Waals surface area contributed by atoms with Gasteiger partial charge in [-0.3, -0.25) is 0 Å². The summed E-state index contributed by atoms with van der Waals surface area (Å²) in [4.78, 5) is 8.80. The van der Waals surface area contributed by atoms with E-state index in [0.717, 1.165) is 17.1 Å². The number of halogens is 2. The maximum absolute atomic E-state index is 13.3. The molecule has 0 saturated heterocycles. The van der Waals surface area contributed by atoms with Crippen LogP contribution in [0.25, 0.3) is 0 Å². The molecule has 3 rings (SSSR count). The Labute approximate surface area is 162 Å². The fraction of sp³-hybridized carbons (Fsp3) is 0.200. The number of aryl methyl sites for hydroxylation is 1. The van der Waals surface area contributed by atoms with Crippen LogP contribution in [0.4, 0.5) is 27.5 Å². The number of nitrogens with one attached hydrogen (secondary N) is 2. The van der Waals surface area contributed by atoms with Gasteiger partial charge in [-0.1, -0.05) is 11.6 Å². The molecule has 27 heavy (non-hydrogen) atoms. The molecule has 0 spiro atoms. The van der Waals surface area contributed by atoms with Gasteiger partial charge in [-0.2, -0.15) is 4.98 Å². The molecule has 2 N–H and O–H groups in total. The van der Waals surface area contributed by atoms with Gasteiger partial charge in [0, 0.05) is 23.1 Å². The number of nitrogens with zero attached hydrogens (tertiary/aromatic N) is 2. The molecule has 0 aliphatic carbocycles. The van der Waals surface area contributed by atoms with Crippen LogP contribution in [0.1, 0.15) is 19.5 Å². The van der Waals surface area contributed by atoms with Crippen molar-refractivity contribution in [1.82, 2.24) is 9.97 Å². The Bertz CT molecular complexity index is 932. The number of hydrogen-bond donors (Lipinski definition) is 2. The van der Waals surface area contributed by atoms with Gasteiger partial charge in [0.15, 0.2) is 0 Å². The molecule has 0 fully saturated rings. The predicted octanol–water partition coefficient (Wildman–Crippen LogP) is 5.85. The van der Waals surface area contributed by atoms with E-state index in [1.165, 1.54) is 12.1 Å². The molecule has 0 radical (unpaired) electrons. The standard InChI is InChI=1S/C20H20ClFN4O/c1-12(2)27-16-7-4-14(5-8-16)24-19-10-13(3)23-20(26-19)25-15-6-9-18(22)17(21)11-15/h4-12H,1-3H3,(H2,23,24,25,26). The summed E-state index contributed by atoms with van der Waals surface area (Å²) < 4.78 is 18.9. The molecule has 0 bridgehead atoms. The Morgan fingerprint density at radius 1 is 0.963 bits per heavy atom. The van der Waals surface area contributed by atoms with E-state index in [1.807, 2.05) is 51.1 Å². The molecule has 0 aliphatic rings. The van der Waals surface area contributed by atoms with Crippen molar-refractivity contribution in [2.24, 2.45) is 0 Å². The van der Waals surface area contributed by atoms with E-state index in [0.29, 0.717) is 17.5 Å². The molecular formula is C20H20ClFN4O. The number of rotatable bonds is 6. The second-order valence-electron chi connectivity index (χ2n) is 6.29. The zero-order valence-corrected chi connectivity index (χ0v) is 16.0. The maximum atomic E-state index is 13.3. The van der Waals surface area contributed by atoms with E-state index < -0.39 is 5.82 Å². The van der Waals surface area contributed by atoms with Crippen molar-refractivity contribution in [3.63, 3.8) is 0 Å². The lowest BCUT2D eigenvalue weighted by atomic mass is 10.3. The van der Waals surface area contributed by atoms with Gasteiger partial charge in [-0.15, -0.1) is 0 Å². The van der Waals surface area contributed by atoms with Crippen molar-refractivity contribution in [2.45, 2.75) is 26.9 Å². The van der Waals surface area contributed by atoms with Crippen LogP contribution < -0.4 is 15.4 Å². The van der Waals surface area contributed by atoms with Gasteiger partial charge in [0.2, 0.25) is 5.95 Å². The van der Waals surface area contributed by atoms with Crippen LogP contribution in [-0.4, -0.2) is 16.1 Å². The second kappa shape index (κ2) is 8.22. The Kier molecular flexibility index (Phi) is 5.76. The molecule has 0 amide bonds. The van der Waals surface area contributed by atoms with E-state index in [2.05, 4.69) is 20.6 Å². The number of anilines is 4. The first-order chi connectivity index (χ1) is 12.9. The van der Waals surface area contributed by atoms with Gasteiger partial charge in [0.25, 0.3) is 0 Å². The fourth-order valence-electron chi connectivity index (χ4n) is 2.43. The summed E-state index contributed by atoms with van der Waals surface area (Å²) in [5.41, 5.74) is 2.26. The molecule has 0 saturated carbocycles. The largest absolute Gasteiger partial charge is 0.491 e. The highest BCUT2D eigenvalue weighted by atomic mass is 35.5. The van der Waals surface area contributed by atoms with Crippen LogP contribution in [0.5, 0.6) is 5.75 Å². The third-order valence-corrected chi connectivity index (χ3v) is 3.82. The van der Waals surface area contributed by atoms with Gasteiger partial charge in [0.1, 0.15) is 17.4 Å². The number of benzene rings is 2. The monoisotopic (exact) mass is 386 g/mol. The third kappa shape index (κ3) is 5.31. The van der Waals surface area contributed by atoms with E-state index in [1.54, 1.807) is 6.07 Å². The minimum Gasteiger partial charge on any atom is -0.491 e. The Morgan fingerprint density at radius 3 is 2.33 bits per heavy atom. The third-order valence-electron chi connectivity index (χ3n) is 3.53. The van der Waals surface area contributed by atoms with Crippen molar-refractivity contribution in [3.05, 3.63) is 65.1 Å². The van der Waals surface area contributed by atoms with E-state index in [-0.39, 0.29) is 11.1 Å². The van der Waals surface area contributed by atoms with Crippen LogP contribution in [0.15, 0.2) is 48.5 Å². The quantitative estimate of drug-likeness (QED) is 0.556. The fourth-order valence-corrected chi connectivity index (χ4v) is 2.61. The maximum Gasteiger partial charge on any atom is 0.229 e. The molecule has 0 aliphatic heterocycles. The van der Waals surface area contributed by atoms with Crippen LogP contribution >= 0.6 is 11.6 Å².